The standard InChI is InChI=1S/C51H57ClF3N7O9S/c1-50(2)14-12-34(42(27-50)40-9-6-35(24-43(40)52)51(53,54)55)29-59-17-19-60(20-18-59)36-7-10-41(47(25-36)71-38-23-33-13-16-57-49(33)58-28-38)46(63)32-72(67,68)39-8-11-44(45(26-39)62(65)66)56-15-4-5-37-30-61(21-22-70-37)48(64)31-69-3/h6-11,13,16,23-26,28,37,56H,4-5,12,14-15,17-22,27,29-32H2,1-3H3,(H,57,58). The quantitative estimate of drug-likeness (QED) is 0.0366. The van der Waals surface area contributed by atoms with Gasteiger partial charge < -0.3 is 34.3 Å². The molecule has 0 bridgehead atoms. The van der Waals surface area contributed by atoms with E-state index >= 15 is 0 Å². The Balaban J connectivity index is 0.959. The van der Waals surface area contributed by atoms with Gasteiger partial charge in [0, 0.05) is 93.9 Å². The molecule has 1 atom stereocenters. The number of piperazine rings is 1. The van der Waals surface area contributed by atoms with E-state index < -0.39 is 48.6 Å². The molecule has 3 aromatic carbocycles. The lowest BCUT2D eigenvalue weighted by atomic mass is 9.72. The summed E-state index contributed by atoms with van der Waals surface area (Å²) >= 11 is 6.55. The van der Waals surface area contributed by atoms with Crippen molar-refractivity contribution in [2.24, 2.45) is 5.41 Å². The van der Waals surface area contributed by atoms with Crippen LogP contribution in [-0.2, 0) is 30.3 Å². The predicted molar refractivity (Wildman–Crippen MR) is 268 cm³/mol. The second kappa shape index (κ2) is 22.0. The Morgan fingerprint density at radius 3 is 2.57 bits per heavy atom. The molecule has 3 aliphatic rings. The topological polar surface area (TPSA) is 190 Å². The van der Waals surface area contributed by atoms with Gasteiger partial charge in [-0.1, -0.05) is 37.1 Å². The maximum absolute atomic E-state index is 14.1. The fourth-order valence-corrected chi connectivity index (χ4v) is 11.0. The number of hydrogen-bond donors (Lipinski definition) is 2. The molecule has 5 aromatic rings. The number of carbonyl (C=O) groups excluding carboxylic acids is 2. The number of anilines is 2. The van der Waals surface area contributed by atoms with Gasteiger partial charge in [0.2, 0.25) is 5.91 Å². The van der Waals surface area contributed by atoms with Crippen molar-refractivity contribution in [2.45, 2.75) is 63.1 Å². The van der Waals surface area contributed by atoms with Gasteiger partial charge in [0.15, 0.2) is 15.6 Å². The first-order valence-corrected chi connectivity index (χ1v) is 25.8. The number of H-pyrrole nitrogens is 1. The van der Waals surface area contributed by atoms with Crippen molar-refractivity contribution in [3.63, 3.8) is 0 Å². The first-order chi connectivity index (χ1) is 34.3. The number of halogens is 4. The lowest BCUT2D eigenvalue weighted by molar-refractivity contribution is -0.384. The first kappa shape index (κ1) is 52.3. The predicted octanol–water partition coefficient (Wildman–Crippen LogP) is 9.44. The summed E-state index contributed by atoms with van der Waals surface area (Å²) in [6, 6.07) is 15.6. The van der Waals surface area contributed by atoms with Crippen molar-refractivity contribution in [2.75, 3.05) is 88.7 Å². The number of amides is 1. The van der Waals surface area contributed by atoms with Crippen LogP contribution in [0.3, 0.4) is 0 Å². The molecule has 384 valence electrons. The largest absolute Gasteiger partial charge is 0.455 e. The summed E-state index contributed by atoms with van der Waals surface area (Å²) in [4.78, 5) is 51.1. The van der Waals surface area contributed by atoms with Crippen molar-refractivity contribution in [1.29, 1.82) is 0 Å². The van der Waals surface area contributed by atoms with Crippen molar-refractivity contribution in [3.05, 3.63) is 117 Å². The maximum atomic E-state index is 14.1. The molecule has 16 nitrogen and oxygen atoms in total. The second-order valence-corrected chi connectivity index (χ2v) is 21.6. The number of nitrogens with zero attached hydrogens (tertiary/aromatic N) is 5. The van der Waals surface area contributed by atoms with E-state index in [2.05, 4.69) is 38.9 Å². The number of morpholine rings is 1. The van der Waals surface area contributed by atoms with Crippen molar-refractivity contribution >= 4 is 66.8 Å². The van der Waals surface area contributed by atoms with E-state index in [0.717, 1.165) is 53.3 Å². The minimum Gasteiger partial charge on any atom is -0.455 e. The number of allylic oxidation sites excluding steroid dienone is 1. The van der Waals surface area contributed by atoms with E-state index in [1.165, 1.54) is 37.6 Å². The number of pyridine rings is 1. The van der Waals surface area contributed by atoms with E-state index in [1.54, 1.807) is 29.3 Å². The van der Waals surface area contributed by atoms with Crippen LogP contribution < -0.4 is 15.0 Å². The molecule has 2 aromatic heterocycles. The number of benzene rings is 3. The molecule has 1 unspecified atom stereocenters. The number of Topliss-reactive ketones (excluding diaryl/α,β-unsaturated/α-hetero) is 1. The molecule has 1 aliphatic carbocycles. The Labute approximate surface area is 420 Å². The number of ether oxygens (including phenoxy) is 3. The number of ketones is 1. The number of aromatic nitrogens is 2. The van der Waals surface area contributed by atoms with E-state index in [0.29, 0.717) is 95.2 Å². The second-order valence-electron chi connectivity index (χ2n) is 19.2. The summed E-state index contributed by atoms with van der Waals surface area (Å²) in [7, 11) is -2.96. The zero-order chi connectivity index (χ0) is 51.4. The number of fused-ring (bicyclic) bond motifs is 1. The lowest BCUT2D eigenvalue weighted by Crippen LogP contribution is -2.47. The fourth-order valence-electron chi connectivity index (χ4n) is 9.51. The van der Waals surface area contributed by atoms with Crippen LogP contribution in [0.15, 0.2) is 89.6 Å². The van der Waals surface area contributed by atoms with Crippen molar-refractivity contribution in [1.82, 2.24) is 19.8 Å². The molecule has 0 radical (unpaired) electrons. The molecule has 0 saturated carbocycles. The normalized spacial score (nSPS) is 17.8. The minimum absolute atomic E-state index is 0.0161. The van der Waals surface area contributed by atoms with Crippen LogP contribution in [0.25, 0.3) is 16.6 Å². The van der Waals surface area contributed by atoms with Crippen LogP contribution in [0.1, 0.15) is 67.4 Å². The fraction of sp³-hybridized carbons (Fsp3) is 0.431. The van der Waals surface area contributed by atoms with Gasteiger partial charge in [-0.15, -0.1) is 0 Å². The average Bonchev–Trinajstić information content (AvgIpc) is 3.81. The number of nitro groups is 1. The van der Waals surface area contributed by atoms with Crippen molar-refractivity contribution in [3.8, 4) is 11.5 Å². The highest BCUT2D eigenvalue weighted by molar-refractivity contribution is 7.92. The summed E-state index contributed by atoms with van der Waals surface area (Å²) < 4.78 is 85.4. The highest BCUT2D eigenvalue weighted by Crippen LogP contribution is 2.46. The van der Waals surface area contributed by atoms with E-state index in [4.69, 9.17) is 25.8 Å². The van der Waals surface area contributed by atoms with Crippen LogP contribution in [0.2, 0.25) is 5.02 Å². The average molecular weight is 1040 g/mol. The number of alkyl halides is 3. The molecule has 4 heterocycles. The van der Waals surface area contributed by atoms with Crippen LogP contribution in [-0.4, -0.2) is 129 Å². The number of aromatic amines is 1. The zero-order valence-corrected chi connectivity index (χ0v) is 41.8. The number of methoxy groups -OCH3 is 1. The molecule has 2 N–H and O–H groups in total. The van der Waals surface area contributed by atoms with Gasteiger partial charge in [0.25, 0.3) is 5.69 Å². The maximum Gasteiger partial charge on any atom is 0.416 e. The van der Waals surface area contributed by atoms with Gasteiger partial charge in [-0.05, 0) is 97.2 Å². The summed E-state index contributed by atoms with van der Waals surface area (Å²) in [6.07, 6.45) is 2.00. The van der Waals surface area contributed by atoms with Gasteiger partial charge in [0.05, 0.1) is 39.9 Å². The number of nitrogens with one attached hydrogen (secondary N) is 2. The zero-order valence-electron chi connectivity index (χ0n) is 40.2. The molecule has 21 heteroatoms. The molecule has 2 aliphatic heterocycles. The summed E-state index contributed by atoms with van der Waals surface area (Å²) in [5, 5.41) is 16.1. The number of carbonyl (C=O) groups is 2. The lowest BCUT2D eigenvalue weighted by Gasteiger charge is -2.39. The molecule has 8 rings (SSSR count). The van der Waals surface area contributed by atoms with Crippen LogP contribution >= 0.6 is 11.6 Å². The Morgan fingerprint density at radius 2 is 1.83 bits per heavy atom. The summed E-state index contributed by atoms with van der Waals surface area (Å²) in [6.45, 7) is 8.94. The summed E-state index contributed by atoms with van der Waals surface area (Å²) in [5.41, 5.74) is 2.87. The van der Waals surface area contributed by atoms with Crippen LogP contribution in [0.5, 0.6) is 11.5 Å². The monoisotopic (exact) mass is 1040 g/mol. The van der Waals surface area contributed by atoms with Gasteiger partial charge in [0.1, 0.15) is 35.2 Å². The minimum atomic E-state index is -4.50. The third kappa shape index (κ3) is 12.6. The van der Waals surface area contributed by atoms with Crippen LogP contribution in [0, 0.1) is 15.5 Å². The van der Waals surface area contributed by atoms with Crippen LogP contribution in [0.4, 0.5) is 30.2 Å². The molecule has 2 saturated heterocycles. The van der Waals surface area contributed by atoms with E-state index in [1.807, 2.05) is 6.07 Å². The van der Waals surface area contributed by atoms with Gasteiger partial charge in [-0.3, -0.25) is 24.6 Å². The molecule has 72 heavy (non-hydrogen) atoms. The first-order valence-electron chi connectivity index (χ1n) is 23.7. The summed E-state index contributed by atoms with van der Waals surface area (Å²) in [5.74, 6) is -1.52. The van der Waals surface area contributed by atoms with Gasteiger partial charge in [-0.2, -0.15) is 13.2 Å². The smallest absolute Gasteiger partial charge is 0.416 e. The SMILES string of the molecule is COCC(=O)N1CCOC(CCCNc2ccc(S(=O)(=O)CC(=O)c3ccc(N4CCN(CC5=C(c6ccc(C(F)(F)F)cc6Cl)CC(C)(C)CC5)CC4)cc3Oc3cnc4[nH]ccc4c3)cc2[N+](=O)[O-])C1. The molecular formula is C51H57ClF3N7O9S. The Bertz CT molecular complexity index is 2980. The highest BCUT2D eigenvalue weighted by atomic mass is 35.5. The van der Waals surface area contributed by atoms with E-state index in [-0.39, 0.29) is 46.1 Å². The van der Waals surface area contributed by atoms with Gasteiger partial charge >= 0.3 is 6.18 Å². The number of sulfone groups is 1. The number of nitro benzene ring substituents is 1. The molecule has 0 spiro atoms. The third-order valence-corrected chi connectivity index (χ3v) is 15.4. The van der Waals surface area contributed by atoms with Crippen molar-refractivity contribution < 1.29 is 50.3 Å². The number of hydrogen-bond acceptors (Lipinski definition) is 13. The highest BCUT2D eigenvalue weighted by Gasteiger charge is 2.34. The van der Waals surface area contributed by atoms with Gasteiger partial charge in [-0.25, -0.2) is 13.4 Å². The molecule has 1 amide bonds. The number of rotatable bonds is 18. The molecular weight excluding hydrogens is 979 g/mol. The third-order valence-electron chi connectivity index (χ3n) is 13.5. The Kier molecular flexibility index (Phi) is 15.9. The Hall–Kier alpha value is -6.06. The Morgan fingerprint density at radius 1 is 1.04 bits per heavy atom. The van der Waals surface area contributed by atoms with E-state index in [9.17, 15) is 41.3 Å². The molecule has 2 fully saturated rings.